The Kier molecular flexibility index (Phi) is 5.08. The molecule has 0 fully saturated rings. The molecule has 1 aromatic carbocycles. The maximum atomic E-state index is 11.7. The number of carbonyl (C=O) groups is 1. The first-order valence-electron chi connectivity index (χ1n) is 7.82. The van der Waals surface area contributed by atoms with Crippen LogP contribution in [-0.4, -0.2) is 27.8 Å². The average Bonchev–Trinajstić information content (AvgIpc) is 2.88. The molecule has 0 aliphatic rings. The minimum absolute atomic E-state index is 0.393. The van der Waals surface area contributed by atoms with E-state index in [0.29, 0.717) is 13.0 Å². The summed E-state index contributed by atoms with van der Waals surface area (Å²) >= 11 is 0. The highest BCUT2D eigenvalue weighted by molar-refractivity contribution is 5.67. The highest BCUT2D eigenvalue weighted by Gasteiger charge is 2.16. The van der Waals surface area contributed by atoms with Crippen molar-refractivity contribution in [3.63, 3.8) is 0 Å². The summed E-state index contributed by atoms with van der Waals surface area (Å²) in [7, 11) is 0. The molecule has 0 spiro atoms. The fourth-order valence-electron chi connectivity index (χ4n) is 2.31. The van der Waals surface area contributed by atoms with Crippen LogP contribution in [0.3, 0.4) is 0 Å². The molecule has 0 aliphatic carbocycles. The number of hydrogen-bond donors (Lipinski definition) is 1. The third kappa shape index (κ3) is 4.84. The van der Waals surface area contributed by atoms with Gasteiger partial charge in [-0.3, -0.25) is 0 Å². The molecule has 0 radical (unpaired) electrons. The molecule has 1 aromatic heterocycles. The van der Waals surface area contributed by atoms with Crippen molar-refractivity contribution in [2.24, 2.45) is 0 Å². The molecule has 5 heteroatoms. The summed E-state index contributed by atoms with van der Waals surface area (Å²) in [6.45, 7) is 10.2. The maximum Gasteiger partial charge on any atom is 0.407 e. The van der Waals surface area contributed by atoms with Crippen molar-refractivity contribution in [3.8, 4) is 5.69 Å². The number of aromatic nitrogens is 2. The van der Waals surface area contributed by atoms with Crippen molar-refractivity contribution in [2.45, 2.75) is 46.6 Å². The molecule has 23 heavy (non-hydrogen) atoms. The smallest absolute Gasteiger partial charge is 0.407 e. The number of benzene rings is 1. The van der Waals surface area contributed by atoms with Crippen LogP contribution in [0.15, 0.2) is 30.7 Å². The Balaban J connectivity index is 2.02. The third-order valence-electron chi connectivity index (χ3n) is 3.39. The van der Waals surface area contributed by atoms with Crippen LogP contribution in [0.2, 0.25) is 0 Å². The molecule has 0 saturated carbocycles. The number of amides is 1. The Morgan fingerprint density at radius 3 is 2.74 bits per heavy atom. The molecule has 2 aromatic rings. The van der Waals surface area contributed by atoms with Crippen molar-refractivity contribution < 1.29 is 9.53 Å². The van der Waals surface area contributed by atoms with E-state index in [1.807, 2.05) is 33.3 Å². The lowest BCUT2D eigenvalue weighted by atomic mass is 10.1. The predicted molar refractivity (Wildman–Crippen MR) is 91.0 cm³/mol. The minimum Gasteiger partial charge on any atom is -0.444 e. The first-order chi connectivity index (χ1) is 10.8. The summed E-state index contributed by atoms with van der Waals surface area (Å²) in [6.07, 6.45) is 3.94. The number of rotatable bonds is 4. The number of imidazole rings is 1. The fraction of sp³-hybridized carbons (Fsp3) is 0.444. The van der Waals surface area contributed by atoms with Crippen molar-refractivity contribution >= 4 is 6.09 Å². The van der Waals surface area contributed by atoms with Crippen LogP contribution in [-0.2, 0) is 11.2 Å². The van der Waals surface area contributed by atoms with Crippen LogP contribution >= 0.6 is 0 Å². The summed E-state index contributed by atoms with van der Waals surface area (Å²) in [5.41, 5.74) is 4.08. The second-order valence-electron chi connectivity index (χ2n) is 6.72. The molecule has 1 heterocycles. The van der Waals surface area contributed by atoms with Gasteiger partial charge in [0.05, 0.1) is 6.33 Å². The van der Waals surface area contributed by atoms with Crippen LogP contribution < -0.4 is 5.32 Å². The topological polar surface area (TPSA) is 56.2 Å². The van der Waals surface area contributed by atoms with Gasteiger partial charge in [0.2, 0.25) is 0 Å². The van der Waals surface area contributed by atoms with E-state index in [1.54, 1.807) is 0 Å². The molecular weight excluding hydrogens is 290 g/mol. The Morgan fingerprint density at radius 1 is 1.30 bits per heavy atom. The predicted octanol–water partition coefficient (Wildman–Crippen LogP) is 3.56. The van der Waals surface area contributed by atoms with Gasteiger partial charge in [-0.15, -0.1) is 0 Å². The van der Waals surface area contributed by atoms with E-state index in [9.17, 15) is 4.79 Å². The molecule has 1 amide bonds. The normalized spacial score (nSPS) is 11.3. The van der Waals surface area contributed by atoms with E-state index in [1.165, 1.54) is 11.1 Å². The number of aryl methyl sites for hydroxylation is 2. The molecule has 0 aliphatic heterocycles. The lowest BCUT2D eigenvalue weighted by Gasteiger charge is -2.19. The summed E-state index contributed by atoms with van der Waals surface area (Å²) in [4.78, 5) is 15.9. The van der Waals surface area contributed by atoms with Crippen molar-refractivity contribution in [1.82, 2.24) is 14.9 Å². The van der Waals surface area contributed by atoms with Crippen LogP contribution in [0.4, 0.5) is 4.79 Å². The zero-order chi connectivity index (χ0) is 17.0. The van der Waals surface area contributed by atoms with Crippen molar-refractivity contribution in [2.75, 3.05) is 6.54 Å². The fourth-order valence-corrected chi connectivity index (χ4v) is 2.31. The summed E-state index contributed by atoms with van der Waals surface area (Å²) in [5, 5.41) is 2.78. The SMILES string of the molecule is Cc1ccc(C)c(-n2cncc2CCNC(=O)OC(C)(C)C)c1. The molecule has 2 rings (SSSR count). The lowest BCUT2D eigenvalue weighted by Crippen LogP contribution is -2.33. The standard InChI is InChI=1S/C18H25N3O2/c1-13-6-7-14(2)16(10-13)21-12-19-11-15(21)8-9-20-17(22)23-18(3,4)5/h6-7,10-12H,8-9H2,1-5H3,(H,20,22). The summed E-state index contributed by atoms with van der Waals surface area (Å²) in [6, 6.07) is 6.34. The number of nitrogens with zero attached hydrogens (tertiary/aromatic N) is 2. The minimum atomic E-state index is -0.482. The monoisotopic (exact) mass is 315 g/mol. The molecule has 0 saturated heterocycles. The zero-order valence-corrected chi connectivity index (χ0v) is 14.5. The van der Waals surface area contributed by atoms with Gasteiger partial charge in [0.15, 0.2) is 0 Å². The van der Waals surface area contributed by atoms with Crippen molar-refractivity contribution in [3.05, 3.63) is 47.5 Å². The molecule has 0 bridgehead atoms. The van der Waals surface area contributed by atoms with Gasteiger partial charge in [-0.1, -0.05) is 12.1 Å². The highest BCUT2D eigenvalue weighted by Crippen LogP contribution is 2.18. The Bertz CT molecular complexity index is 684. The van der Waals surface area contributed by atoms with Gasteiger partial charge in [0.25, 0.3) is 0 Å². The van der Waals surface area contributed by atoms with Crippen LogP contribution in [0.25, 0.3) is 5.69 Å². The van der Waals surface area contributed by atoms with E-state index in [2.05, 4.69) is 46.9 Å². The number of nitrogens with one attached hydrogen (secondary N) is 1. The Morgan fingerprint density at radius 2 is 2.04 bits per heavy atom. The summed E-state index contributed by atoms with van der Waals surface area (Å²) < 4.78 is 7.30. The van der Waals surface area contributed by atoms with E-state index < -0.39 is 11.7 Å². The highest BCUT2D eigenvalue weighted by atomic mass is 16.6. The number of alkyl carbamates (subject to hydrolysis) is 1. The average molecular weight is 315 g/mol. The quantitative estimate of drug-likeness (QED) is 0.938. The second-order valence-corrected chi connectivity index (χ2v) is 6.72. The van der Waals surface area contributed by atoms with Gasteiger partial charge in [0.1, 0.15) is 5.60 Å². The number of hydrogen-bond acceptors (Lipinski definition) is 3. The third-order valence-corrected chi connectivity index (χ3v) is 3.39. The number of ether oxygens (including phenoxy) is 1. The number of carbonyl (C=O) groups excluding carboxylic acids is 1. The first-order valence-corrected chi connectivity index (χ1v) is 7.82. The molecule has 0 unspecified atom stereocenters. The van der Waals surface area contributed by atoms with Gasteiger partial charge in [-0.05, 0) is 51.8 Å². The zero-order valence-electron chi connectivity index (χ0n) is 14.5. The van der Waals surface area contributed by atoms with Gasteiger partial charge >= 0.3 is 6.09 Å². The maximum absolute atomic E-state index is 11.7. The van der Waals surface area contributed by atoms with E-state index in [-0.39, 0.29) is 0 Å². The van der Waals surface area contributed by atoms with Crippen LogP contribution in [0.1, 0.15) is 37.6 Å². The molecule has 1 N–H and O–H groups in total. The van der Waals surface area contributed by atoms with Gasteiger partial charge < -0.3 is 14.6 Å². The van der Waals surface area contributed by atoms with E-state index in [0.717, 1.165) is 11.4 Å². The van der Waals surface area contributed by atoms with Crippen LogP contribution in [0, 0.1) is 13.8 Å². The molecular formula is C18H25N3O2. The Hall–Kier alpha value is -2.30. The van der Waals surface area contributed by atoms with E-state index in [4.69, 9.17) is 4.74 Å². The molecule has 5 nitrogen and oxygen atoms in total. The van der Waals surface area contributed by atoms with Gasteiger partial charge in [-0.25, -0.2) is 9.78 Å². The van der Waals surface area contributed by atoms with Crippen LogP contribution in [0.5, 0.6) is 0 Å². The molecule has 0 atom stereocenters. The van der Waals surface area contributed by atoms with Crippen molar-refractivity contribution in [1.29, 1.82) is 0 Å². The van der Waals surface area contributed by atoms with Gasteiger partial charge in [0, 0.05) is 30.5 Å². The summed E-state index contributed by atoms with van der Waals surface area (Å²) in [5.74, 6) is 0. The second kappa shape index (κ2) is 6.86. The van der Waals surface area contributed by atoms with E-state index >= 15 is 0 Å². The van der Waals surface area contributed by atoms with Gasteiger partial charge in [-0.2, -0.15) is 0 Å². The Labute approximate surface area is 137 Å². The first kappa shape index (κ1) is 17.1. The molecule has 124 valence electrons. The largest absolute Gasteiger partial charge is 0.444 e. The lowest BCUT2D eigenvalue weighted by molar-refractivity contribution is 0.0528.